The third kappa shape index (κ3) is 4.62. The van der Waals surface area contributed by atoms with Gasteiger partial charge in [-0.15, -0.1) is 0 Å². The van der Waals surface area contributed by atoms with Crippen LogP contribution in [0.4, 0.5) is 11.4 Å². The monoisotopic (exact) mass is 551 g/mol. The molecule has 1 amide bonds. The van der Waals surface area contributed by atoms with Crippen molar-refractivity contribution >= 4 is 61.9 Å². The number of ether oxygens (including phenoxy) is 1. The highest BCUT2D eigenvalue weighted by Crippen LogP contribution is 2.51. The van der Waals surface area contributed by atoms with E-state index in [1.54, 1.807) is 23.8 Å². The predicted molar refractivity (Wildman–Crippen MR) is 145 cm³/mol. The zero-order chi connectivity index (χ0) is 23.7. The lowest BCUT2D eigenvalue weighted by Crippen LogP contribution is -2.31. The average Bonchev–Trinajstić information content (AvgIpc) is 3.35. The minimum absolute atomic E-state index is 0.00841. The van der Waals surface area contributed by atoms with E-state index in [0.29, 0.717) is 16.6 Å². The summed E-state index contributed by atoms with van der Waals surface area (Å²) in [6.45, 7) is 0.567. The first-order valence-corrected chi connectivity index (χ1v) is 13.2. The normalized spacial score (nSPS) is 18.7. The zero-order valence-electron chi connectivity index (χ0n) is 18.7. The van der Waals surface area contributed by atoms with Crippen LogP contribution >= 0.6 is 39.5 Å². The van der Waals surface area contributed by atoms with Gasteiger partial charge in [0, 0.05) is 29.0 Å². The molecule has 5 rings (SSSR count). The molecule has 34 heavy (non-hydrogen) atoms. The molecule has 0 bridgehead atoms. The van der Waals surface area contributed by atoms with E-state index >= 15 is 0 Å². The maximum absolute atomic E-state index is 13.7. The average molecular weight is 553 g/mol. The van der Waals surface area contributed by atoms with Crippen molar-refractivity contribution in [2.75, 3.05) is 25.6 Å². The number of thioether (sulfide) groups is 2. The van der Waals surface area contributed by atoms with E-state index in [9.17, 15) is 4.79 Å². The molecule has 1 fully saturated rings. The molecule has 5 nitrogen and oxygen atoms in total. The number of hydrogen-bond acceptors (Lipinski definition) is 6. The van der Waals surface area contributed by atoms with Crippen LogP contribution in [0, 0.1) is 0 Å². The van der Waals surface area contributed by atoms with Crippen LogP contribution in [0.2, 0.25) is 0 Å². The Morgan fingerprint density at radius 1 is 1.00 bits per heavy atom. The highest BCUT2D eigenvalue weighted by Gasteiger charge is 2.39. The number of methoxy groups -OCH3 is 1. The fourth-order valence-corrected chi connectivity index (χ4v) is 6.39. The van der Waals surface area contributed by atoms with Gasteiger partial charge in [-0.3, -0.25) is 9.69 Å². The fourth-order valence-electron chi connectivity index (χ4n) is 3.78. The highest BCUT2D eigenvalue weighted by molar-refractivity contribution is 9.10. The number of amidine groups is 1. The molecule has 8 heteroatoms. The molecule has 0 saturated carbocycles. The van der Waals surface area contributed by atoms with Crippen molar-refractivity contribution in [3.05, 3.63) is 92.8 Å². The summed E-state index contributed by atoms with van der Waals surface area (Å²) in [6, 6.07) is 24.0. The molecule has 0 radical (unpaired) electrons. The summed E-state index contributed by atoms with van der Waals surface area (Å²) >= 11 is 6.53. The molecule has 1 saturated heterocycles. The van der Waals surface area contributed by atoms with E-state index in [1.165, 1.54) is 17.3 Å². The fraction of sp³-hybridized carbons (Fsp3) is 0.154. The number of benzene rings is 3. The Labute approximate surface area is 216 Å². The second-order valence-electron chi connectivity index (χ2n) is 7.79. The van der Waals surface area contributed by atoms with Gasteiger partial charge in [-0.1, -0.05) is 58.0 Å². The maximum atomic E-state index is 13.7. The van der Waals surface area contributed by atoms with Crippen LogP contribution in [-0.2, 0) is 11.2 Å². The third-order valence-electron chi connectivity index (χ3n) is 5.61. The van der Waals surface area contributed by atoms with E-state index < -0.39 is 0 Å². The molecule has 172 valence electrons. The summed E-state index contributed by atoms with van der Waals surface area (Å²) in [4.78, 5) is 24.2. The first-order chi connectivity index (χ1) is 16.5. The van der Waals surface area contributed by atoms with Crippen LogP contribution < -0.4 is 9.64 Å². The van der Waals surface area contributed by atoms with Crippen LogP contribution in [-0.4, -0.2) is 36.7 Å². The molecule has 0 atom stereocenters. The Morgan fingerprint density at radius 2 is 1.76 bits per heavy atom. The minimum atomic E-state index is -0.00841. The standard InChI is InChI=1S/C26H22BrN3O2S2/c1-29-21-16-20(32-2)12-13-22(21)33-25(29)23-24(31)30(15-14-17-6-4-3-5-7-17)26(34-23)28-19-10-8-18(27)9-11-19/h3-13,16H,14-15H2,1-2H3/b25-23-,28-26?. The van der Waals surface area contributed by atoms with Crippen molar-refractivity contribution in [3.63, 3.8) is 0 Å². The maximum Gasteiger partial charge on any atom is 0.269 e. The first-order valence-electron chi connectivity index (χ1n) is 10.8. The van der Waals surface area contributed by atoms with Crippen LogP contribution in [0.1, 0.15) is 5.56 Å². The minimum Gasteiger partial charge on any atom is -0.497 e. The van der Waals surface area contributed by atoms with E-state index in [1.807, 2.05) is 67.7 Å². The van der Waals surface area contributed by atoms with Gasteiger partial charge in [-0.05, 0) is 60.1 Å². The van der Waals surface area contributed by atoms with Gasteiger partial charge in [-0.25, -0.2) is 4.99 Å². The Kier molecular flexibility index (Phi) is 6.72. The van der Waals surface area contributed by atoms with Crippen molar-refractivity contribution in [1.29, 1.82) is 0 Å². The van der Waals surface area contributed by atoms with Gasteiger partial charge >= 0.3 is 0 Å². The Bertz CT molecular complexity index is 1290. The molecular formula is C26H22BrN3O2S2. The first kappa shape index (κ1) is 23.1. The lowest BCUT2D eigenvalue weighted by molar-refractivity contribution is -0.122. The summed E-state index contributed by atoms with van der Waals surface area (Å²) < 4.78 is 6.39. The van der Waals surface area contributed by atoms with Gasteiger partial charge in [-0.2, -0.15) is 0 Å². The van der Waals surface area contributed by atoms with E-state index in [-0.39, 0.29) is 5.91 Å². The molecule has 2 heterocycles. The molecule has 2 aliphatic heterocycles. The van der Waals surface area contributed by atoms with Gasteiger partial charge in [0.05, 0.1) is 23.5 Å². The number of aliphatic imine (C=N–C) groups is 1. The smallest absolute Gasteiger partial charge is 0.269 e. The zero-order valence-corrected chi connectivity index (χ0v) is 21.9. The van der Waals surface area contributed by atoms with E-state index in [4.69, 9.17) is 9.73 Å². The largest absolute Gasteiger partial charge is 0.497 e. The van der Waals surface area contributed by atoms with E-state index in [0.717, 1.165) is 37.9 Å². The van der Waals surface area contributed by atoms with Crippen molar-refractivity contribution in [2.24, 2.45) is 4.99 Å². The Hall–Kier alpha value is -2.68. The number of fused-ring (bicyclic) bond motifs is 1. The molecule has 2 aliphatic rings. The molecule has 0 unspecified atom stereocenters. The number of nitrogens with zero attached hydrogens (tertiary/aromatic N) is 3. The molecule has 0 spiro atoms. The van der Waals surface area contributed by atoms with Crippen LogP contribution in [0.25, 0.3) is 0 Å². The third-order valence-corrected chi connectivity index (χ3v) is 8.58. The molecule has 3 aromatic rings. The van der Waals surface area contributed by atoms with Gasteiger partial charge in [0.2, 0.25) is 0 Å². The second kappa shape index (κ2) is 9.90. The second-order valence-corrected chi connectivity index (χ2v) is 10.7. The highest BCUT2D eigenvalue weighted by atomic mass is 79.9. The summed E-state index contributed by atoms with van der Waals surface area (Å²) in [5.41, 5.74) is 3.04. The summed E-state index contributed by atoms with van der Waals surface area (Å²) in [7, 11) is 3.65. The summed E-state index contributed by atoms with van der Waals surface area (Å²) in [5.74, 6) is 0.788. The van der Waals surface area contributed by atoms with E-state index in [2.05, 4.69) is 33.0 Å². The molecule has 3 aromatic carbocycles. The van der Waals surface area contributed by atoms with Crippen molar-refractivity contribution in [2.45, 2.75) is 11.3 Å². The Morgan fingerprint density at radius 3 is 2.50 bits per heavy atom. The van der Waals surface area contributed by atoms with Gasteiger partial charge in [0.25, 0.3) is 5.91 Å². The predicted octanol–water partition coefficient (Wildman–Crippen LogP) is 6.67. The topological polar surface area (TPSA) is 45.1 Å². The molecular weight excluding hydrogens is 530 g/mol. The Balaban J connectivity index is 1.49. The van der Waals surface area contributed by atoms with Crippen molar-refractivity contribution < 1.29 is 9.53 Å². The van der Waals surface area contributed by atoms with Gasteiger partial charge < -0.3 is 9.64 Å². The number of halogens is 1. The lowest BCUT2D eigenvalue weighted by atomic mass is 10.1. The van der Waals surface area contributed by atoms with Crippen LogP contribution in [0.15, 0.2) is 97.1 Å². The van der Waals surface area contributed by atoms with Gasteiger partial charge in [0.1, 0.15) is 10.7 Å². The number of hydrogen-bond donors (Lipinski definition) is 0. The van der Waals surface area contributed by atoms with Gasteiger partial charge in [0.15, 0.2) is 5.17 Å². The number of rotatable bonds is 5. The molecule has 0 aliphatic carbocycles. The summed E-state index contributed by atoms with van der Waals surface area (Å²) in [6.07, 6.45) is 0.759. The lowest BCUT2D eigenvalue weighted by Gasteiger charge is -2.17. The number of amides is 1. The number of carbonyl (C=O) groups is 1. The van der Waals surface area contributed by atoms with Crippen molar-refractivity contribution in [1.82, 2.24) is 4.90 Å². The summed E-state index contributed by atoms with van der Waals surface area (Å²) in [5, 5.41) is 1.62. The van der Waals surface area contributed by atoms with Crippen LogP contribution in [0.5, 0.6) is 5.75 Å². The molecule has 0 N–H and O–H groups in total. The van der Waals surface area contributed by atoms with Crippen LogP contribution in [0.3, 0.4) is 0 Å². The van der Waals surface area contributed by atoms with Crippen molar-refractivity contribution in [3.8, 4) is 5.75 Å². The number of anilines is 1. The quantitative estimate of drug-likeness (QED) is 0.331. The molecule has 0 aromatic heterocycles. The SMILES string of the molecule is COc1ccc2c(c1)N(C)/C(=C1/SC(=Nc3ccc(Br)cc3)N(CCc3ccccc3)C1=O)S2. The number of carbonyl (C=O) groups excluding carboxylic acids is 1.